The van der Waals surface area contributed by atoms with Gasteiger partial charge in [0.2, 0.25) is 5.82 Å². The van der Waals surface area contributed by atoms with E-state index < -0.39 is 12.0 Å². The molecule has 3 rings (SSSR count). The molecular formula is C10H6F3N5S2. The molecular weight excluding hydrogens is 311 g/mol. The number of rotatable bonds is 2. The van der Waals surface area contributed by atoms with Crippen LogP contribution in [0.5, 0.6) is 0 Å². The first-order valence-electron chi connectivity index (χ1n) is 5.29. The molecule has 3 aromatic heterocycles. The second kappa shape index (κ2) is 4.70. The Morgan fingerprint density at radius 1 is 1.25 bits per heavy atom. The van der Waals surface area contributed by atoms with E-state index in [1.807, 2.05) is 11.4 Å². The van der Waals surface area contributed by atoms with E-state index >= 15 is 0 Å². The Morgan fingerprint density at radius 2 is 2.05 bits per heavy atom. The minimum absolute atomic E-state index is 0.128. The third-order valence-corrected chi connectivity index (χ3v) is 4.38. The second-order valence-electron chi connectivity index (χ2n) is 3.78. The summed E-state index contributed by atoms with van der Waals surface area (Å²) in [5.74, 6) is -1.03. The van der Waals surface area contributed by atoms with E-state index in [0.717, 1.165) is 26.5 Å². The molecule has 0 N–H and O–H groups in total. The molecule has 0 amide bonds. The maximum Gasteiger partial charge on any atom is 0.451 e. The lowest BCUT2D eigenvalue weighted by molar-refractivity contribution is -0.147. The second-order valence-corrected chi connectivity index (χ2v) is 5.63. The average molecular weight is 317 g/mol. The third-order valence-electron chi connectivity index (χ3n) is 2.50. The number of hydrogen-bond acceptors (Lipinski definition) is 6. The lowest BCUT2D eigenvalue weighted by Gasteiger charge is -2.06. The smallest absolute Gasteiger partial charge is 0.301 e. The molecule has 104 valence electrons. The van der Waals surface area contributed by atoms with Crippen molar-refractivity contribution in [3.05, 3.63) is 23.6 Å². The molecule has 5 nitrogen and oxygen atoms in total. The van der Waals surface area contributed by atoms with Gasteiger partial charge in [-0.15, -0.1) is 21.5 Å². The monoisotopic (exact) mass is 317 g/mol. The van der Waals surface area contributed by atoms with Crippen LogP contribution in [0.3, 0.4) is 0 Å². The van der Waals surface area contributed by atoms with Crippen molar-refractivity contribution in [1.82, 2.24) is 24.7 Å². The van der Waals surface area contributed by atoms with Gasteiger partial charge in [0, 0.05) is 12.4 Å². The number of aromatic nitrogens is 5. The van der Waals surface area contributed by atoms with Crippen LogP contribution in [0, 0.1) is 0 Å². The lowest BCUT2D eigenvalue weighted by atomic mass is 10.4. The Bertz CT molecular complexity index is 764. The summed E-state index contributed by atoms with van der Waals surface area (Å²) < 4.78 is 38.9. The maximum atomic E-state index is 12.6. The number of nitrogens with zero attached hydrogens (tertiary/aromatic N) is 5. The van der Waals surface area contributed by atoms with E-state index in [9.17, 15) is 13.2 Å². The summed E-state index contributed by atoms with van der Waals surface area (Å²) in [7, 11) is 1.27. The van der Waals surface area contributed by atoms with Crippen LogP contribution in [-0.4, -0.2) is 24.7 Å². The zero-order chi connectivity index (χ0) is 14.3. The van der Waals surface area contributed by atoms with Crippen LogP contribution in [-0.2, 0) is 13.2 Å². The van der Waals surface area contributed by atoms with E-state index in [1.54, 1.807) is 0 Å². The Hall–Kier alpha value is -1.68. The Morgan fingerprint density at radius 3 is 2.75 bits per heavy atom. The van der Waals surface area contributed by atoms with Gasteiger partial charge in [0.25, 0.3) is 0 Å². The molecule has 0 aliphatic heterocycles. The van der Waals surface area contributed by atoms with Gasteiger partial charge in [0.15, 0.2) is 5.16 Å². The van der Waals surface area contributed by atoms with Crippen molar-refractivity contribution < 1.29 is 13.2 Å². The minimum atomic E-state index is -4.52. The van der Waals surface area contributed by atoms with Gasteiger partial charge in [-0.1, -0.05) is 0 Å². The van der Waals surface area contributed by atoms with Crippen molar-refractivity contribution in [2.45, 2.75) is 16.4 Å². The van der Waals surface area contributed by atoms with Gasteiger partial charge < -0.3 is 4.57 Å². The fourth-order valence-electron chi connectivity index (χ4n) is 1.59. The summed E-state index contributed by atoms with van der Waals surface area (Å²) in [6, 6.07) is 1.82. The van der Waals surface area contributed by atoms with Crippen LogP contribution in [0.2, 0.25) is 0 Å². The molecule has 0 bridgehead atoms. The van der Waals surface area contributed by atoms with Gasteiger partial charge in [-0.3, -0.25) is 0 Å². The Labute approximate surface area is 118 Å². The van der Waals surface area contributed by atoms with E-state index in [-0.39, 0.29) is 5.16 Å². The van der Waals surface area contributed by atoms with E-state index in [2.05, 4.69) is 20.2 Å². The highest BCUT2D eigenvalue weighted by molar-refractivity contribution is 7.99. The van der Waals surface area contributed by atoms with Crippen LogP contribution in [0.15, 0.2) is 28.0 Å². The quantitative estimate of drug-likeness (QED) is 0.680. The van der Waals surface area contributed by atoms with Gasteiger partial charge in [-0.05, 0) is 23.2 Å². The van der Waals surface area contributed by atoms with Gasteiger partial charge in [-0.25, -0.2) is 9.97 Å². The minimum Gasteiger partial charge on any atom is -0.301 e. The highest BCUT2D eigenvalue weighted by Gasteiger charge is 2.37. The summed E-state index contributed by atoms with van der Waals surface area (Å²) in [5.41, 5.74) is 0. The van der Waals surface area contributed by atoms with Crippen LogP contribution < -0.4 is 0 Å². The first-order valence-corrected chi connectivity index (χ1v) is 6.99. The molecule has 0 radical (unpaired) electrons. The standard InChI is InChI=1S/C10H6F3N5S2/c1-18-8(10(11,12)13)16-17-9(18)20-7-5-2-3-19-6(5)14-4-15-7/h2-4H,1H3. The van der Waals surface area contributed by atoms with Crippen LogP contribution in [0.4, 0.5) is 13.2 Å². The maximum absolute atomic E-state index is 12.6. The van der Waals surface area contributed by atoms with Gasteiger partial charge in [0.1, 0.15) is 16.2 Å². The predicted molar refractivity (Wildman–Crippen MR) is 67.5 cm³/mol. The molecule has 0 saturated carbocycles. The molecule has 0 aliphatic rings. The molecule has 0 atom stereocenters. The molecule has 0 fully saturated rings. The third kappa shape index (κ3) is 2.24. The van der Waals surface area contributed by atoms with Crippen molar-refractivity contribution in [2.75, 3.05) is 0 Å². The number of fused-ring (bicyclic) bond motifs is 1. The largest absolute Gasteiger partial charge is 0.451 e. The zero-order valence-corrected chi connectivity index (χ0v) is 11.6. The average Bonchev–Trinajstić information content (AvgIpc) is 2.96. The highest BCUT2D eigenvalue weighted by atomic mass is 32.2. The van der Waals surface area contributed by atoms with Gasteiger partial charge in [0.05, 0.1) is 0 Å². The van der Waals surface area contributed by atoms with Gasteiger partial charge >= 0.3 is 6.18 Å². The van der Waals surface area contributed by atoms with Crippen molar-refractivity contribution >= 4 is 33.3 Å². The molecule has 0 aliphatic carbocycles. The summed E-state index contributed by atoms with van der Waals surface area (Å²) in [6.45, 7) is 0. The molecule has 10 heteroatoms. The normalized spacial score (nSPS) is 12.2. The molecule has 0 unspecified atom stereocenters. The van der Waals surface area contributed by atoms with Gasteiger partial charge in [-0.2, -0.15) is 13.2 Å². The van der Waals surface area contributed by atoms with Crippen LogP contribution in [0.1, 0.15) is 5.82 Å². The zero-order valence-electron chi connectivity index (χ0n) is 9.92. The fraction of sp³-hybridized carbons (Fsp3) is 0.200. The molecule has 0 aromatic carbocycles. The number of alkyl halides is 3. The Kier molecular flexibility index (Phi) is 3.13. The molecule has 3 heterocycles. The fourth-order valence-corrected chi connectivity index (χ4v) is 3.24. The summed E-state index contributed by atoms with van der Waals surface area (Å²) >= 11 is 2.47. The van der Waals surface area contributed by atoms with Crippen molar-refractivity contribution in [3.8, 4) is 0 Å². The molecule has 3 aromatic rings. The number of thiophene rings is 1. The first-order chi connectivity index (χ1) is 9.47. The number of hydrogen-bond donors (Lipinski definition) is 0. The summed E-state index contributed by atoms with van der Waals surface area (Å²) in [6.07, 6.45) is -3.15. The van der Waals surface area contributed by atoms with Crippen LogP contribution in [0.25, 0.3) is 10.2 Å². The molecule has 0 spiro atoms. The van der Waals surface area contributed by atoms with E-state index in [1.165, 1.54) is 24.7 Å². The predicted octanol–water partition coefficient (Wildman–Crippen LogP) is 2.99. The van der Waals surface area contributed by atoms with E-state index in [0.29, 0.717) is 5.03 Å². The summed E-state index contributed by atoms with van der Waals surface area (Å²) in [5, 5.41) is 10.1. The number of halogens is 3. The first kappa shape index (κ1) is 13.3. The van der Waals surface area contributed by atoms with E-state index in [4.69, 9.17) is 0 Å². The molecule has 0 saturated heterocycles. The van der Waals surface area contributed by atoms with Crippen molar-refractivity contribution in [3.63, 3.8) is 0 Å². The topological polar surface area (TPSA) is 56.5 Å². The Balaban J connectivity index is 2.00. The lowest BCUT2D eigenvalue weighted by Crippen LogP contribution is -2.12. The highest BCUT2D eigenvalue weighted by Crippen LogP contribution is 2.34. The van der Waals surface area contributed by atoms with Crippen LogP contribution >= 0.6 is 23.1 Å². The summed E-state index contributed by atoms with van der Waals surface area (Å²) in [4.78, 5) is 8.94. The van der Waals surface area contributed by atoms with Crippen molar-refractivity contribution in [2.24, 2.45) is 7.05 Å². The van der Waals surface area contributed by atoms with Crippen molar-refractivity contribution in [1.29, 1.82) is 0 Å². The SMILES string of the molecule is Cn1c(Sc2ncnc3sccc23)nnc1C(F)(F)F. The molecule has 20 heavy (non-hydrogen) atoms.